The summed E-state index contributed by atoms with van der Waals surface area (Å²) in [5.41, 5.74) is -1.00. The maximum atomic E-state index is 12.1. The quantitative estimate of drug-likeness (QED) is 0.709. The normalized spacial score (nSPS) is 15.7. The summed E-state index contributed by atoms with van der Waals surface area (Å²) in [6.45, 7) is 4.34. The van der Waals surface area contributed by atoms with Gasteiger partial charge in [0.25, 0.3) is 0 Å². The van der Waals surface area contributed by atoms with Crippen LogP contribution in [0.5, 0.6) is 0 Å². The highest BCUT2D eigenvalue weighted by Gasteiger charge is 2.47. The molecule has 0 rings (SSSR count). The van der Waals surface area contributed by atoms with Crippen LogP contribution in [0.2, 0.25) is 0 Å². The Hall–Kier alpha value is -1.51. The summed E-state index contributed by atoms with van der Waals surface area (Å²) >= 11 is 0. The zero-order valence-electron chi connectivity index (χ0n) is 9.91. The molecule has 9 heteroatoms. The molecular weight excluding hydrogens is 259 g/mol. The zero-order chi connectivity index (χ0) is 14.7. The molecule has 0 radical (unpaired) electrons. The Balaban J connectivity index is 4.76. The van der Waals surface area contributed by atoms with E-state index in [-0.39, 0.29) is 0 Å². The minimum atomic E-state index is -5.17. The first-order valence-electron chi connectivity index (χ1n) is 4.81. The van der Waals surface area contributed by atoms with Crippen LogP contribution in [0.15, 0.2) is 0 Å². The number of carbonyl (C=O) groups is 2. The number of amides is 1. The molecular formula is C9H14F3NO5. The molecule has 2 atom stereocenters. The number of hydrogen-bond acceptors (Lipinski definition) is 4. The van der Waals surface area contributed by atoms with Crippen LogP contribution in [0.25, 0.3) is 0 Å². The zero-order valence-corrected chi connectivity index (χ0v) is 9.91. The number of alkyl carbamates (subject to hydrolysis) is 1. The van der Waals surface area contributed by atoms with Crippen molar-refractivity contribution < 1.29 is 37.7 Å². The lowest BCUT2D eigenvalue weighted by atomic mass is 10.1. The monoisotopic (exact) mass is 273 g/mol. The van der Waals surface area contributed by atoms with E-state index in [4.69, 9.17) is 10.2 Å². The molecule has 6 nitrogen and oxygen atoms in total. The van der Waals surface area contributed by atoms with Crippen LogP contribution < -0.4 is 5.32 Å². The number of aliphatic hydroxyl groups is 1. The molecule has 0 unspecified atom stereocenters. The summed E-state index contributed by atoms with van der Waals surface area (Å²) in [7, 11) is 0. The van der Waals surface area contributed by atoms with Gasteiger partial charge in [-0.3, -0.25) is 0 Å². The molecule has 0 aliphatic heterocycles. The molecule has 0 saturated carbocycles. The number of nitrogens with one attached hydrogen (secondary N) is 1. The molecule has 0 aromatic heterocycles. The van der Waals surface area contributed by atoms with Gasteiger partial charge in [0.05, 0.1) is 0 Å². The first kappa shape index (κ1) is 16.5. The van der Waals surface area contributed by atoms with E-state index in [9.17, 15) is 22.8 Å². The van der Waals surface area contributed by atoms with Crippen molar-refractivity contribution in [3.63, 3.8) is 0 Å². The van der Waals surface area contributed by atoms with Crippen molar-refractivity contribution >= 4 is 12.1 Å². The maximum absolute atomic E-state index is 12.1. The van der Waals surface area contributed by atoms with Crippen molar-refractivity contribution in [3.8, 4) is 0 Å². The summed E-state index contributed by atoms with van der Waals surface area (Å²) < 4.78 is 41.0. The standard InChI is InChI=1S/C9H14F3NO5/c1-8(2,3)18-7(17)13-4(6(15)16)5(14)9(10,11)12/h4-5,14H,1-3H3,(H,13,17)(H,15,16)/t4-,5+/m1/s1. The third-order valence-electron chi connectivity index (χ3n) is 1.59. The van der Waals surface area contributed by atoms with E-state index in [1.54, 1.807) is 0 Å². The van der Waals surface area contributed by atoms with Gasteiger partial charge in [0.2, 0.25) is 0 Å². The smallest absolute Gasteiger partial charge is 0.416 e. The molecule has 0 spiro atoms. The molecule has 0 aromatic carbocycles. The van der Waals surface area contributed by atoms with Gasteiger partial charge >= 0.3 is 18.2 Å². The molecule has 0 saturated heterocycles. The summed E-state index contributed by atoms with van der Waals surface area (Å²) in [5.74, 6) is -2.02. The van der Waals surface area contributed by atoms with Gasteiger partial charge < -0.3 is 20.3 Å². The second-order valence-corrected chi connectivity index (χ2v) is 4.45. The van der Waals surface area contributed by atoms with Gasteiger partial charge in [0, 0.05) is 0 Å². The molecule has 1 amide bonds. The highest BCUT2D eigenvalue weighted by atomic mass is 19.4. The van der Waals surface area contributed by atoms with Crippen LogP contribution in [0, 0.1) is 0 Å². The topological polar surface area (TPSA) is 95.9 Å². The number of aliphatic carboxylic acids is 1. The van der Waals surface area contributed by atoms with Crippen LogP contribution in [0.4, 0.5) is 18.0 Å². The lowest BCUT2D eigenvalue weighted by molar-refractivity contribution is -0.215. The number of hydrogen-bond donors (Lipinski definition) is 3. The lowest BCUT2D eigenvalue weighted by Gasteiger charge is -2.25. The Morgan fingerprint density at radius 2 is 1.67 bits per heavy atom. The maximum Gasteiger partial charge on any atom is 0.416 e. The molecule has 0 aliphatic carbocycles. The Labute approximate surface area is 101 Å². The largest absolute Gasteiger partial charge is 0.480 e. The molecule has 0 fully saturated rings. The van der Waals surface area contributed by atoms with Crippen molar-refractivity contribution in [1.82, 2.24) is 5.32 Å². The van der Waals surface area contributed by atoms with Crippen molar-refractivity contribution in [2.45, 2.75) is 44.7 Å². The molecule has 0 bridgehead atoms. The fourth-order valence-corrected chi connectivity index (χ4v) is 0.899. The molecule has 0 aliphatic rings. The summed E-state index contributed by atoms with van der Waals surface area (Å²) in [5, 5.41) is 18.8. The average molecular weight is 273 g/mol. The molecule has 3 N–H and O–H groups in total. The number of carboxylic acids is 1. The van der Waals surface area contributed by atoms with E-state index in [0.29, 0.717) is 0 Å². The summed E-state index contributed by atoms with van der Waals surface area (Å²) in [6.07, 6.45) is -9.75. The van der Waals surface area contributed by atoms with E-state index in [2.05, 4.69) is 4.74 Å². The van der Waals surface area contributed by atoms with Gasteiger partial charge in [-0.15, -0.1) is 0 Å². The number of ether oxygens (including phenoxy) is 1. The van der Waals surface area contributed by atoms with Gasteiger partial charge in [0.1, 0.15) is 5.60 Å². The van der Waals surface area contributed by atoms with Crippen LogP contribution in [0.1, 0.15) is 20.8 Å². The first-order valence-corrected chi connectivity index (χ1v) is 4.81. The molecule has 0 aromatic rings. The number of aliphatic hydroxyl groups excluding tert-OH is 1. The average Bonchev–Trinajstić information content (AvgIpc) is 2.08. The van der Waals surface area contributed by atoms with Crippen LogP contribution in [0.3, 0.4) is 0 Å². The molecule has 0 heterocycles. The Morgan fingerprint density at radius 1 is 1.22 bits per heavy atom. The van der Waals surface area contributed by atoms with Gasteiger partial charge in [-0.2, -0.15) is 13.2 Å². The lowest BCUT2D eigenvalue weighted by Crippen LogP contribution is -2.55. The highest BCUT2D eigenvalue weighted by Crippen LogP contribution is 2.22. The van der Waals surface area contributed by atoms with Gasteiger partial charge in [-0.1, -0.05) is 0 Å². The summed E-state index contributed by atoms with van der Waals surface area (Å²) in [6, 6.07) is -2.53. The Morgan fingerprint density at radius 3 is 1.94 bits per heavy atom. The fraction of sp³-hybridized carbons (Fsp3) is 0.778. The molecule has 18 heavy (non-hydrogen) atoms. The van der Waals surface area contributed by atoms with Crippen LogP contribution in [-0.2, 0) is 9.53 Å². The van der Waals surface area contributed by atoms with Gasteiger partial charge in [-0.25, -0.2) is 9.59 Å². The number of halogens is 3. The van der Waals surface area contributed by atoms with E-state index in [1.165, 1.54) is 26.1 Å². The number of carboxylic acid groups (broad SMARTS) is 1. The Bertz CT molecular complexity index is 323. The van der Waals surface area contributed by atoms with Crippen molar-refractivity contribution in [2.75, 3.05) is 0 Å². The second kappa shape index (κ2) is 5.42. The molecule has 106 valence electrons. The summed E-state index contributed by atoms with van der Waals surface area (Å²) in [4.78, 5) is 21.7. The number of rotatable bonds is 3. The second-order valence-electron chi connectivity index (χ2n) is 4.45. The third-order valence-corrected chi connectivity index (χ3v) is 1.59. The minimum Gasteiger partial charge on any atom is -0.480 e. The van der Waals surface area contributed by atoms with Gasteiger partial charge in [0.15, 0.2) is 12.1 Å². The minimum absolute atomic E-state index is 1.00. The van der Waals surface area contributed by atoms with Crippen molar-refractivity contribution in [3.05, 3.63) is 0 Å². The predicted octanol–water partition coefficient (Wildman–Crippen LogP) is 0.887. The van der Waals surface area contributed by atoms with Crippen LogP contribution in [-0.4, -0.2) is 46.2 Å². The number of alkyl halides is 3. The van der Waals surface area contributed by atoms with Crippen molar-refractivity contribution in [2.24, 2.45) is 0 Å². The third kappa shape index (κ3) is 5.71. The SMILES string of the molecule is CC(C)(C)OC(=O)N[C@@H](C(=O)O)[C@H](O)C(F)(F)F. The van der Waals surface area contributed by atoms with E-state index in [1.807, 2.05) is 0 Å². The Kier molecular flexibility index (Phi) is 4.97. The van der Waals surface area contributed by atoms with Crippen LogP contribution >= 0.6 is 0 Å². The van der Waals surface area contributed by atoms with E-state index >= 15 is 0 Å². The predicted molar refractivity (Wildman–Crippen MR) is 52.9 cm³/mol. The van der Waals surface area contributed by atoms with Gasteiger partial charge in [-0.05, 0) is 20.8 Å². The van der Waals surface area contributed by atoms with E-state index in [0.717, 1.165) is 0 Å². The number of carbonyl (C=O) groups excluding carboxylic acids is 1. The first-order chi connectivity index (χ1) is 7.84. The van der Waals surface area contributed by atoms with Crippen molar-refractivity contribution in [1.29, 1.82) is 0 Å². The fourth-order valence-electron chi connectivity index (χ4n) is 0.899. The highest BCUT2D eigenvalue weighted by molar-refractivity contribution is 5.80. The van der Waals surface area contributed by atoms with E-state index < -0.39 is 36.0 Å².